The van der Waals surface area contributed by atoms with Gasteiger partial charge in [-0.1, -0.05) is 0 Å². The molecule has 0 unspecified atom stereocenters. The minimum Gasteiger partial charge on any atom is -0.352 e. The Bertz CT molecular complexity index is 947. The number of alkyl halides is 3. The van der Waals surface area contributed by atoms with Crippen molar-refractivity contribution in [2.24, 2.45) is 0 Å². The van der Waals surface area contributed by atoms with Gasteiger partial charge in [-0.3, -0.25) is 9.89 Å². The number of carbonyl (C=O) groups excluding carboxylic acids is 1. The number of carbonyl (C=O) groups is 1. The summed E-state index contributed by atoms with van der Waals surface area (Å²) in [5.74, 6) is 0.113. The standard InChI is InChI=1S/C14H15F3N4O3S2/c1-2-21-11(19-20-13(21)25)7-8-18-12(22)9-3-5-10(6-4-9)26(23,24)14(15,16)17/h3-6H,2,7-8H2,1H3,(H,18,22)(H,20,25). The summed E-state index contributed by atoms with van der Waals surface area (Å²) in [7, 11) is -5.43. The SMILES string of the molecule is CCn1c(CCNC(=O)c2ccc(S(=O)(=O)C(F)(F)F)cc2)n[nH]c1=S. The van der Waals surface area contributed by atoms with Crippen molar-refractivity contribution < 1.29 is 26.4 Å². The molecule has 1 aromatic heterocycles. The molecule has 2 aromatic rings. The van der Waals surface area contributed by atoms with E-state index in [4.69, 9.17) is 12.2 Å². The second-order valence-electron chi connectivity index (χ2n) is 5.17. The fourth-order valence-electron chi connectivity index (χ4n) is 2.18. The third-order valence-electron chi connectivity index (χ3n) is 3.52. The first-order valence-corrected chi connectivity index (χ1v) is 9.30. The van der Waals surface area contributed by atoms with Crippen LogP contribution in [0.2, 0.25) is 0 Å². The minimum atomic E-state index is -5.43. The summed E-state index contributed by atoms with van der Waals surface area (Å²) < 4.78 is 62.2. The highest BCUT2D eigenvalue weighted by atomic mass is 32.2. The second-order valence-corrected chi connectivity index (χ2v) is 7.50. The normalized spacial score (nSPS) is 12.2. The van der Waals surface area contributed by atoms with E-state index in [1.165, 1.54) is 0 Å². The molecule has 0 aliphatic carbocycles. The van der Waals surface area contributed by atoms with Crippen LogP contribution < -0.4 is 5.32 Å². The molecule has 1 aromatic carbocycles. The Kier molecular flexibility index (Phi) is 5.86. The largest absolute Gasteiger partial charge is 0.501 e. The lowest BCUT2D eigenvalue weighted by molar-refractivity contribution is -0.0436. The van der Waals surface area contributed by atoms with Crippen LogP contribution in [0.25, 0.3) is 0 Å². The smallest absolute Gasteiger partial charge is 0.352 e. The van der Waals surface area contributed by atoms with E-state index in [9.17, 15) is 26.4 Å². The van der Waals surface area contributed by atoms with Crippen LogP contribution in [0, 0.1) is 4.77 Å². The Labute approximate surface area is 152 Å². The molecule has 2 N–H and O–H groups in total. The molecule has 1 heterocycles. The van der Waals surface area contributed by atoms with Crippen molar-refractivity contribution in [1.82, 2.24) is 20.1 Å². The summed E-state index contributed by atoms with van der Waals surface area (Å²) in [6.07, 6.45) is 0.396. The number of hydrogen-bond acceptors (Lipinski definition) is 5. The average molecular weight is 408 g/mol. The number of aromatic nitrogens is 3. The molecule has 142 valence electrons. The number of aromatic amines is 1. The van der Waals surface area contributed by atoms with E-state index < -0.39 is 26.1 Å². The molecule has 7 nitrogen and oxygen atoms in total. The van der Waals surface area contributed by atoms with E-state index >= 15 is 0 Å². The average Bonchev–Trinajstić information content (AvgIpc) is 2.93. The van der Waals surface area contributed by atoms with Crippen LogP contribution in [0.15, 0.2) is 29.2 Å². The molecule has 0 spiro atoms. The third-order valence-corrected chi connectivity index (χ3v) is 5.33. The second kappa shape index (κ2) is 7.58. The van der Waals surface area contributed by atoms with Gasteiger partial charge >= 0.3 is 5.51 Å². The zero-order valence-corrected chi connectivity index (χ0v) is 15.1. The maximum Gasteiger partial charge on any atom is 0.501 e. The van der Waals surface area contributed by atoms with E-state index in [1.54, 1.807) is 4.57 Å². The fraction of sp³-hybridized carbons (Fsp3) is 0.357. The van der Waals surface area contributed by atoms with Crippen LogP contribution in [0.5, 0.6) is 0 Å². The van der Waals surface area contributed by atoms with Gasteiger partial charge in [-0.05, 0) is 43.4 Å². The van der Waals surface area contributed by atoms with Crippen molar-refractivity contribution in [3.8, 4) is 0 Å². The molecule has 2 rings (SSSR count). The Morgan fingerprint density at radius 2 is 1.92 bits per heavy atom. The van der Waals surface area contributed by atoms with E-state index in [0.717, 1.165) is 24.3 Å². The number of H-pyrrole nitrogens is 1. The van der Waals surface area contributed by atoms with Gasteiger partial charge < -0.3 is 9.88 Å². The van der Waals surface area contributed by atoms with Gasteiger partial charge in [-0.15, -0.1) is 0 Å². The Morgan fingerprint density at radius 1 is 1.31 bits per heavy atom. The Balaban J connectivity index is 2.01. The van der Waals surface area contributed by atoms with Crippen molar-refractivity contribution in [2.75, 3.05) is 6.54 Å². The van der Waals surface area contributed by atoms with E-state index in [2.05, 4.69) is 15.5 Å². The van der Waals surface area contributed by atoms with Gasteiger partial charge in [0.1, 0.15) is 5.82 Å². The first-order chi connectivity index (χ1) is 12.1. The molecule has 0 aliphatic heterocycles. The maximum atomic E-state index is 12.5. The molecule has 0 saturated heterocycles. The Hall–Kier alpha value is -2.21. The summed E-state index contributed by atoms with van der Waals surface area (Å²) in [6.45, 7) is 2.73. The quantitative estimate of drug-likeness (QED) is 0.715. The third kappa shape index (κ3) is 4.12. The first kappa shape index (κ1) is 20.1. The molecule has 0 radical (unpaired) electrons. The van der Waals surface area contributed by atoms with Crippen LogP contribution in [0.4, 0.5) is 13.2 Å². The highest BCUT2D eigenvalue weighted by molar-refractivity contribution is 7.92. The molecule has 0 aliphatic rings. The summed E-state index contributed by atoms with van der Waals surface area (Å²) in [5, 5.41) is 9.27. The van der Waals surface area contributed by atoms with Crippen LogP contribution in [0.1, 0.15) is 23.1 Å². The predicted octanol–water partition coefficient (Wildman–Crippen LogP) is 2.23. The van der Waals surface area contributed by atoms with E-state index in [-0.39, 0.29) is 12.1 Å². The van der Waals surface area contributed by atoms with Gasteiger partial charge in [0, 0.05) is 25.1 Å². The van der Waals surface area contributed by atoms with Gasteiger partial charge in [0.25, 0.3) is 15.7 Å². The lowest BCUT2D eigenvalue weighted by Crippen LogP contribution is -2.27. The number of sulfone groups is 1. The van der Waals surface area contributed by atoms with Gasteiger partial charge in [0.15, 0.2) is 4.77 Å². The number of nitrogens with one attached hydrogen (secondary N) is 2. The lowest BCUT2D eigenvalue weighted by atomic mass is 10.2. The number of nitrogens with zero attached hydrogens (tertiary/aromatic N) is 2. The molecular formula is C14H15F3N4O3S2. The molecule has 0 bridgehead atoms. The van der Waals surface area contributed by atoms with Gasteiger partial charge in [-0.25, -0.2) is 8.42 Å². The summed E-state index contributed by atoms with van der Waals surface area (Å²) in [4.78, 5) is 11.1. The molecule has 26 heavy (non-hydrogen) atoms. The van der Waals surface area contributed by atoms with Crippen LogP contribution in [0.3, 0.4) is 0 Å². The van der Waals surface area contributed by atoms with Crippen molar-refractivity contribution in [3.05, 3.63) is 40.4 Å². The highest BCUT2D eigenvalue weighted by Crippen LogP contribution is 2.30. The number of halogens is 3. The van der Waals surface area contributed by atoms with Crippen molar-refractivity contribution in [1.29, 1.82) is 0 Å². The van der Waals surface area contributed by atoms with E-state index in [1.807, 2.05) is 6.92 Å². The van der Waals surface area contributed by atoms with E-state index in [0.29, 0.717) is 23.6 Å². The summed E-state index contributed by atoms with van der Waals surface area (Å²) in [5.41, 5.74) is -5.35. The predicted molar refractivity (Wildman–Crippen MR) is 88.8 cm³/mol. The monoisotopic (exact) mass is 408 g/mol. The minimum absolute atomic E-state index is 0.0421. The molecule has 0 saturated carbocycles. The zero-order valence-electron chi connectivity index (χ0n) is 13.5. The summed E-state index contributed by atoms with van der Waals surface area (Å²) in [6, 6.07) is 3.55. The number of amides is 1. The first-order valence-electron chi connectivity index (χ1n) is 7.41. The Morgan fingerprint density at radius 3 is 2.46 bits per heavy atom. The molecule has 0 atom stereocenters. The lowest BCUT2D eigenvalue weighted by Gasteiger charge is -2.09. The van der Waals surface area contributed by atoms with Gasteiger partial charge in [0.2, 0.25) is 0 Å². The van der Waals surface area contributed by atoms with Gasteiger partial charge in [-0.2, -0.15) is 18.3 Å². The van der Waals surface area contributed by atoms with Gasteiger partial charge in [0.05, 0.1) is 4.90 Å². The number of benzene rings is 1. The summed E-state index contributed by atoms with van der Waals surface area (Å²) >= 11 is 5.05. The van der Waals surface area contributed by atoms with Crippen LogP contribution in [-0.4, -0.2) is 41.1 Å². The van der Waals surface area contributed by atoms with Crippen molar-refractivity contribution in [3.63, 3.8) is 0 Å². The maximum absolute atomic E-state index is 12.5. The molecule has 12 heteroatoms. The van der Waals surface area contributed by atoms with Crippen LogP contribution >= 0.6 is 12.2 Å². The highest BCUT2D eigenvalue weighted by Gasteiger charge is 2.46. The topological polar surface area (TPSA) is 96.8 Å². The van der Waals surface area contributed by atoms with Crippen molar-refractivity contribution in [2.45, 2.75) is 30.3 Å². The fourth-order valence-corrected chi connectivity index (χ4v) is 3.22. The molecule has 1 amide bonds. The number of rotatable bonds is 6. The van der Waals surface area contributed by atoms with Crippen molar-refractivity contribution >= 4 is 28.0 Å². The van der Waals surface area contributed by atoms with Crippen LogP contribution in [-0.2, 0) is 22.8 Å². The zero-order chi connectivity index (χ0) is 19.5. The molecular weight excluding hydrogens is 393 g/mol. The number of hydrogen-bond donors (Lipinski definition) is 2. The molecule has 0 fully saturated rings.